The predicted octanol–water partition coefficient (Wildman–Crippen LogP) is 0.662. The molecule has 3 rings (SSSR count). The zero-order valence-electron chi connectivity index (χ0n) is 13.1. The van der Waals surface area contributed by atoms with Gasteiger partial charge in [-0.3, -0.25) is 9.69 Å². The van der Waals surface area contributed by atoms with E-state index in [0.29, 0.717) is 31.1 Å². The Labute approximate surface area is 137 Å². The van der Waals surface area contributed by atoms with Gasteiger partial charge in [-0.2, -0.15) is 4.31 Å². The van der Waals surface area contributed by atoms with Crippen LogP contribution in [0.2, 0.25) is 0 Å². The molecule has 0 unspecified atom stereocenters. The molecule has 2 aliphatic heterocycles. The molecule has 0 aromatic heterocycles. The molecule has 0 spiro atoms. The van der Waals surface area contributed by atoms with Crippen LogP contribution in [0, 0.1) is 0 Å². The molecule has 1 aromatic carbocycles. The van der Waals surface area contributed by atoms with E-state index < -0.39 is 10.0 Å². The molecule has 0 aliphatic carbocycles. The smallest absolute Gasteiger partial charge is 0.243 e. The van der Waals surface area contributed by atoms with Gasteiger partial charge >= 0.3 is 0 Å². The Kier molecular flexibility index (Phi) is 4.99. The molecule has 1 aromatic rings. The fraction of sp³-hybridized carbons (Fsp3) is 0.562. The van der Waals surface area contributed by atoms with Crippen molar-refractivity contribution in [3.8, 4) is 0 Å². The summed E-state index contributed by atoms with van der Waals surface area (Å²) in [4.78, 5) is 14.6. The molecular weight excluding hydrogens is 314 g/mol. The highest BCUT2D eigenvalue weighted by molar-refractivity contribution is 7.89. The summed E-state index contributed by atoms with van der Waals surface area (Å²) in [5.74, 6) is 0.0851. The number of carbonyl (C=O) groups excluding carboxylic acids is 1. The van der Waals surface area contributed by atoms with Crippen molar-refractivity contribution in [2.75, 3.05) is 32.7 Å². The number of hydrogen-bond donors (Lipinski definition) is 1. The molecular formula is C16H23N3O3S. The molecule has 23 heavy (non-hydrogen) atoms. The molecule has 1 N–H and O–H groups in total. The first kappa shape index (κ1) is 16.4. The Bertz CT molecular complexity index is 640. The average molecular weight is 337 g/mol. The van der Waals surface area contributed by atoms with Crippen LogP contribution in [-0.2, 0) is 14.8 Å². The maximum absolute atomic E-state index is 12.6. The third-order valence-corrected chi connectivity index (χ3v) is 6.51. The molecule has 0 bridgehead atoms. The molecule has 2 heterocycles. The van der Waals surface area contributed by atoms with Gasteiger partial charge in [0, 0.05) is 32.7 Å². The second-order valence-electron chi connectivity index (χ2n) is 6.06. The summed E-state index contributed by atoms with van der Waals surface area (Å²) >= 11 is 0. The quantitative estimate of drug-likeness (QED) is 0.880. The third kappa shape index (κ3) is 3.57. The highest BCUT2D eigenvalue weighted by Crippen LogP contribution is 2.20. The summed E-state index contributed by atoms with van der Waals surface area (Å²) in [6.45, 7) is 2.81. The molecule has 7 heteroatoms. The third-order valence-electron chi connectivity index (χ3n) is 4.60. The number of benzene rings is 1. The van der Waals surface area contributed by atoms with Gasteiger partial charge in [-0.25, -0.2) is 8.42 Å². The lowest BCUT2D eigenvalue weighted by Crippen LogP contribution is -2.55. The van der Waals surface area contributed by atoms with Gasteiger partial charge in [0.25, 0.3) is 0 Å². The van der Waals surface area contributed by atoms with Crippen LogP contribution in [0.4, 0.5) is 0 Å². The summed E-state index contributed by atoms with van der Waals surface area (Å²) in [5, 5.41) is 2.95. The van der Waals surface area contributed by atoms with E-state index in [9.17, 15) is 13.2 Å². The summed E-state index contributed by atoms with van der Waals surface area (Å²) < 4.78 is 26.8. The predicted molar refractivity (Wildman–Crippen MR) is 87.4 cm³/mol. The lowest BCUT2D eigenvalue weighted by atomic mass is 10.1. The second-order valence-corrected chi connectivity index (χ2v) is 7.99. The zero-order chi connectivity index (χ0) is 16.3. The second kappa shape index (κ2) is 6.98. The fourth-order valence-electron chi connectivity index (χ4n) is 3.27. The van der Waals surface area contributed by atoms with E-state index >= 15 is 0 Å². The topological polar surface area (TPSA) is 69.7 Å². The van der Waals surface area contributed by atoms with Crippen molar-refractivity contribution >= 4 is 15.9 Å². The van der Waals surface area contributed by atoms with Crippen molar-refractivity contribution in [1.82, 2.24) is 14.5 Å². The summed E-state index contributed by atoms with van der Waals surface area (Å²) in [7, 11) is -3.43. The van der Waals surface area contributed by atoms with Gasteiger partial charge < -0.3 is 5.32 Å². The van der Waals surface area contributed by atoms with Crippen LogP contribution in [0.1, 0.15) is 19.3 Å². The van der Waals surface area contributed by atoms with E-state index in [1.165, 1.54) is 4.31 Å². The number of nitrogens with zero attached hydrogens (tertiary/aromatic N) is 2. The minimum Gasteiger partial charge on any atom is -0.355 e. The van der Waals surface area contributed by atoms with E-state index in [-0.39, 0.29) is 11.9 Å². The van der Waals surface area contributed by atoms with Crippen molar-refractivity contribution in [3.63, 3.8) is 0 Å². The van der Waals surface area contributed by atoms with Crippen LogP contribution < -0.4 is 5.32 Å². The number of nitrogens with one attached hydrogen (secondary N) is 1. The Morgan fingerprint density at radius 2 is 1.70 bits per heavy atom. The van der Waals surface area contributed by atoms with Crippen LogP contribution in [0.3, 0.4) is 0 Å². The molecule has 1 amide bonds. The number of amides is 1. The summed E-state index contributed by atoms with van der Waals surface area (Å²) in [5.41, 5.74) is 0. The van der Waals surface area contributed by atoms with E-state index in [4.69, 9.17) is 0 Å². The van der Waals surface area contributed by atoms with Crippen LogP contribution >= 0.6 is 0 Å². The highest BCUT2D eigenvalue weighted by atomic mass is 32.2. The van der Waals surface area contributed by atoms with Crippen LogP contribution in [0.5, 0.6) is 0 Å². The molecule has 2 saturated heterocycles. The standard InChI is InChI=1S/C16H23N3O3S/c20-16-15(8-4-5-9-17-16)18-10-12-19(13-11-18)23(21,22)14-6-2-1-3-7-14/h1-3,6-7,15H,4-5,8-13H2,(H,17,20)/t15-/m1/s1. The van der Waals surface area contributed by atoms with E-state index in [1.807, 2.05) is 6.07 Å². The van der Waals surface area contributed by atoms with Gasteiger partial charge in [0.15, 0.2) is 0 Å². The Hall–Kier alpha value is -1.44. The number of piperazine rings is 1. The van der Waals surface area contributed by atoms with Gasteiger partial charge in [0.1, 0.15) is 0 Å². The zero-order valence-corrected chi connectivity index (χ0v) is 14.0. The minimum absolute atomic E-state index is 0.0851. The van der Waals surface area contributed by atoms with Crippen molar-refractivity contribution in [2.24, 2.45) is 0 Å². The number of rotatable bonds is 3. The van der Waals surface area contributed by atoms with Gasteiger partial charge in [-0.05, 0) is 31.4 Å². The molecule has 2 fully saturated rings. The Balaban J connectivity index is 1.65. The molecule has 0 radical (unpaired) electrons. The van der Waals surface area contributed by atoms with Crippen molar-refractivity contribution in [3.05, 3.63) is 30.3 Å². The first-order chi connectivity index (χ1) is 11.1. The summed E-state index contributed by atoms with van der Waals surface area (Å²) in [6.07, 6.45) is 2.91. The normalized spacial score (nSPS) is 24.9. The van der Waals surface area contributed by atoms with Gasteiger partial charge in [0.05, 0.1) is 10.9 Å². The van der Waals surface area contributed by atoms with Gasteiger partial charge in [-0.1, -0.05) is 18.2 Å². The number of carbonyl (C=O) groups is 1. The molecule has 2 aliphatic rings. The van der Waals surface area contributed by atoms with Crippen LogP contribution in [-0.4, -0.2) is 62.3 Å². The van der Waals surface area contributed by atoms with Crippen molar-refractivity contribution < 1.29 is 13.2 Å². The maximum Gasteiger partial charge on any atom is 0.243 e. The summed E-state index contributed by atoms with van der Waals surface area (Å²) in [6, 6.07) is 8.42. The first-order valence-electron chi connectivity index (χ1n) is 8.16. The van der Waals surface area contributed by atoms with Gasteiger partial charge in [-0.15, -0.1) is 0 Å². The van der Waals surface area contributed by atoms with Crippen molar-refractivity contribution in [1.29, 1.82) is 0 Å². The monoisotopic (exact) mass is 337 g/mol. The first-order valence-corrected chi connectivity index (χ1v) is 9.60. The molecule has 6 nitrogen and oxygen atoms in total. The van der Waals surface area contributed by atoms with Crippen LogP contribution in [0.25, 0.3) is 0 Å². The SMILES string of the molecule is O=C1NCCCC[C@H]1N1CCN(S(=O)(=O)c2ccccc2)CC1. The molecule has 1 atom stereocenters. The van der Waals surface area contributed by atoms with Gasteiger partial charge in [0.2, 0.25) is 15.9 Å². The van der Waals surface area contributed by atoms with E-state index in [0.717, 1.165) is 25.8 Å². The highest BCUT2D eigenvalue weighted by Gasteiger charge is 2.33. The fourth-order valence-corrected chi connectivity index (χ4v) is 4.71. The molecule has 0 saturated carbocycles. The largest absolute Gasteiger partial charge is 0.355 e. The Morgan fingerprint density at radius 1 is 1.00 bits per heavy atom. The number of hydrogen-bond acceptors (Lipinski definition) is 4. The van der Waals surface area contributed by atoms with E-state index in [1.54, 1.807) is 24.3 Å². The molecule has 126 valence electrons. The maximum atomic E-state index is 12.6. The Morgan fingerprint density at radius 3 is 2.39 bits per heavy atom. The van der Waals surface area contributed by atoms with E-state index in [2.05, 4.69) is 10.2 Å². The minimum atomic E-state index is -3.43. The van der Waals surface area contributed by atoms with Crippen molar-refractivity contribution in [2.45, 2.75) is 30.2 Å². The lowest BCUT2D eigenvalue weighted by molar-refractivity contribution is -0.126. The number of sulfonamides is 1. The van der Waals surface area contributed by atoms with Crippen LogP contribution in [0.15, 0.2) is 35.2 Å². The average Bonchev–Trinajstić information content (AvgIpc) is 2.80. The lowest BCUT2D eigenvalue weighted by Gasteiger charge is -2.37.